The number of aliphatic imine (C=N–C) groups is 1. The molecular formula is C21H29FN4O3S. The molecule has 0 atom stereocenters. The molecule has 30 heavy (non-hydrogen) atoms. The largest absolute Gasteiger partial charge is 0.383 e. The molecule has 0 radical (unpaired) electrons. The normalized spacial score (nSPS) is 12.1. The zero-order valence-corrected chi connectivity index (χ0v) is 18.4. The molecule has 0 spiro atoms. The van der Waals surface area contributed by atoms with Gasteiger partial charge in [-0.2, -0.15) is 0 Å². The van der Waals surface area contributed by atoms with Gasteiger partial charge in [0.25, 0.3) is 0 Å². The van der Waals surface area contributed by atoms with E-state index in [2.05, 4.69) is 15.0 Å². The third-order valence-electron chi connectivity index (χ3n) is 4.25. The van der Waals surface area contributed by atoms with Gasteiger partial charge in [0.1, 0.15) is 5.82 Å². The molecule has 0 aliphatic carbocycles. The zero-order chi connectivity index (χ0) is 22.0. The van der Waals surface area contributed by atoms with Crippen LogP contribution in [0.1, 0.15) is 18.1 Å². The van der Waals surface area contributed by atoms with Crippen molar-refractivity contribution in [3.63, 3.8) is 0 Å². The van der Waals surface area contributed by atoms with Gasteiger partial charge in [-0.15, -0.1) is 0 Å². The van der Waals surface area contributed by atoms with Gasteiger partial charge in [0.2, 0.25) is 10.0 Å². The molecule has 0 aliphatic heterocycles. The summed E-state index contributed by atoms with van der Waals surface area (Å²) in [7, 11) is -0.189. The molecule has 164 valence electrons. The summed E-state index contributed by atoms with van der Waals surface area (Å²) in [6, 6.07) is 13.0. The third-order valence-corrected chi connectivity index (χ3v) is 5.71. The van der Waals surface area contributed by atoms with E-state index in [4.69, 9.17) is 4.74 Å². The van der Waals surface area contributed by atoms with Gasteiger partial charge in [-0.1, -0.05) is 24.3 Å². The molecule has 0 fully saturated rings. The standard InChI is InChI=1S/C21H29FN4O3S/c1-4-23-21(26(2)16-17-8-10-19(22)11-9-17)24-15-18-6-5-7-20(14-18)30(27,28)25-12-13-29-3/h5-11,14,25H,4,12-13,15-16H2,1-3H3,(H,23,24). The average molecular weight is 437 g/mol. The smallest absolute Gasteiger partial charge is 0.240 e. The summed E-state index contributed by atoms with van der Waals surface area (Å²) in [5.74, 6) is 0.404. The van der Waals surface area contributed by atoms with E-state index in [0.29, 0.717) is 32.2 Å². The van der Waals surface area contributed by atoms with Gasteiger partial charge in [0.05, 0.1) is 18.0 Å². The van der Waals surface area contributed by atoms with Gasteiger partial charge >= 0.3 is 0 Å². The number of hydrogen-bond acceptors (Lipinski definition) is 4. The quantitative estimate of drug-likeness (QED) is 0.339. The minimum Gasteiger partial charge on any atom is -0.383 e. The van der Waals surface area contributed by atoms with Crippen LogP contribution in [0, 0.1) is 5.82 Å². The Labute approximate surface area is 178 Å². The summed E-state index contributed by atoms with van der Waals surface area (Å²) in [6.45, 7) is 4.04. The number of methoxy groups -OCH3 is 1. The monoisotopic (exact) mass is 436 g/mol. The number of ether oxygens (including phenoxy) is 1. The Bertz CT molecular complexity index is 934. The second-order valence-electron chi connectivity index (χ2n) is 6.69. The van der Waals surface area contributed by atoms with Gasteiger partial charge in [-0.05, 0) is 42.3 Å². The van der Waals surface area contributed by atoms with Crippen LogP contribution in [-0.2, 0) is 27.8 Å². The molecule has 0 unspecified atom stereocenters. The predicted molar refractivity (Wildman–Crippen MR) is 116 cm³/mol. The fraction of sp³-hybridized carbons (Fsp3) is 0.381. The van der Waals surface area contributed by atoms with Crippen molar-refractivity contribution in [3.8, 4) is 0 Å². The van der Waals surface area contributed by atoms with E-state index < -0.39 is 10.0 Å². The first kappa shape index (κ1) is 23.8. The Morgan fingerprint density at radius 2 is 1.90 bits per heavy atom. The van der Waals surface area contributed by atoms with Crippen LogP contribution in [0.4, 0.5) is 4.39 Å². The summed E-state index contributed by atoms with van der Waals surface area (Å²) < 4.78 is 45.3. The van der Waals surface area contributed by atoms with Crippen LogP contribution in [0.3, 0.4) is 0 Å². The Balaban J connectivity index is 2.11. The number of nitrogens with zero attached hydrogens (tertiary/aromatic N) is 2. The molecule has 0 amide bonds. The number of rotatable bonds is 10. The number of sulfonamides is 1. The topological polar surface area (TPSA) is 83.0 Å². The lowest BCUT2D eigenvalue weighted by molar-refractivity contribution is 0.204. The summed E-state index contributed by atoms with van der Waals surface area (Å²) >= 11 is 0. The Hall–Kier alpha value is -2.49. The SMILES string of the molecule is CCNC(=NCc1cccc(S(=O)(=O)NCCOC)c1)N(C)Cc1ccc(F)cc1. The second kappa shape index (κ2) is 11.6. The van der Waals surface area contributed by atoms with Crippen LogP contribution in [0.2, 0.25) is 0 Å². The van der Waals surface area contributed by atoms with E-state index in [1.54, 1.807) is 30.3 Å². The molecule has 0 aromatic heterocycles. The van der Waals surface area contributed by atoms with Crippen molar-refractivity contribution in [1.82, 2.24) is 14.9 Å². The van der Waals surface area contributed by atoms with E-state index in [0.717, 1.165) is 11.1 Å². The van der Waals surface area contributed by atoms with Crippen LogP contribution >= 0.6 is 0 Å². The maximum atomic E-state index is 13.1. The first-order valence-electron chi connectivity index (χ1n) is 9.67. The predicted octanol–water partition coefficient (Wildman–Crippen LogP) is 2.35. The van der Waals surface area contributed by atoms with Gasteiger partial charge in [0, 0.05) is 33.8 Å². The van der Waals surface area contributed by atoms with Crippen molar-refractivity contribution in [2.75, 3.05) is 33.9 Å². The molecule has 2 rings (SSSR count). The lowest BCUT2D eigenvalue weighted by atomic mass is 10.2. The molecule has 0 saturated heterocycles. The van der Waals surface area contributed by atoms with Crippen LogP contribution in [0.5, 0.6) is 0 Å². The molecule has 7 nitrogen and oxygen atoms in total. The summed E-state index contributed by atoms with van der Waals surface area (Å²) in [5.41, 5.74) is 1.73. The summed E-state index contributed by atoms with van der Waals surface area (Å²) in [4.78, 5) is 6.74. The van der Waals surface area contributed by atoms with Gasteiger partial charge < -0.3 is 15.0 Å². The molecule has 2 aromatic carbocycles. The number of nitrogens with one attached hydrogen (secondary N) is 2. The zero-order valence-electron chi connectivity index (χ0n) is 17.6. The van der Waals surface area contributed by atoms with Crippen molar-refractivity contribution in [2.45, 2.75) is 24.9 Å². The average Bonchev–Trinajstić information content (AvgIpc) is 2.73. The number of halogens is 1. The fourth-order valence-corrected chi connectivity index (χ4v) is 3.83. The van der Waals surface area contributed by atoms with Crippen LogP contribution in [-0.4, -0.2) is 53.1 Å². The summed E-state index contributed by atoms with van der Waals surface area (Å²) in [5, 5.41) is 3.22. The van der Waals surface area contributed by atoms with Crippen molar-refractivity contribution in [2.24, 2.45) is 4.99 Å². The Morgan fingerprint density at radius 1 is 1.17 bits per heavy atom. The minimum atomic E-state index is -3.60. The highest BCUT2D eigenvalue weighted by Gasteiger charge is 2.14. The molecule has 0 saturated carbocycles. The Morgan fingerprint density at radius 3 is 2.57 bits per heavy atom. The molecule has 2 aromatic rings. The second-order valence-corrected chi connectivity index (χ2v) is 8.46. The Kier molecular flexibility index (Phi) is 9.22. The summed E-state index contributed by atoms with van der Waals surface area (Å²) in [6.07, 6.45) is 0. The lowest BCUT2D eigenvalue weighted by Crippen LogP contribution is -2.38. The van der Waals surface area contributed by atoms with E-state index >= 15 is 0 Å². The minimum absolute atomic E-state index is 0.191. The van der Waals surface area contributed by atoms with Gasteiger partial charge in [0.15, 0.2) is 5.96 Å². The van der Waals surface area contributed by atoms with Crippen molar-refractivity contribution >= 4 is 16.0 Å². The van der Waals surface area contributed by atoms with E-state index in [9.17, 15) is 12.8 Å². The van der Waals surface area contributed by atoms with Crippen LogP contribution in [0.15, 0.2) is 58.4 Å². The highest BCUT2D eigenvalue weighted by Crippen LogP contribution is 2.13. The van der Waals surface area contributed by atoms with Crippen molar-refractivity contribution < 1.29 is 17.5 Å². The number of hydrogen-bond donors (Lipinski definition) is 2. The molecule has 0 aliphatic rings. The lowest BCUT2D eigenvalue weighted by Gasteiger charge is -2.22. The van der Waals surface area contributed by atoms with E-state index in [-0.39, 0.29) is 17.3 Å². The third kappa shape index (κ3) is 7.40. The molecule has 0 bridgehead atoms. The first-order chi connectivity index (χ1) is 14.4. The molecule has 2 N–H and O–H groups in total. The molecule has 9 heteroatoms. The molecular weight excluding hydrogens is 407 g/mol. The van der Waals surface area contributed by atoms with E-state index in [1.165, 1.54) is 19.2 Å². The fourth-order valence-electron chi connectivity index (χ4n) is 2.75. The maximum Gasteiger partial charge on any atom is 0.240 e. The van der Waals surface area contributed by atoms with Gasteiger partial charge in [-0.25, -0.2) is 22.5 Å². The van der Waals surface area contributed by atoms with Crippen molar-refractivity contribution in [1.29, 1.82) is 0 Å². The van der Waals surface area contributed by atoms with Crippen LogP contribution in [0.25, 0.3) is 0 Å². The number of guanidine groups is 1. The van der Waals surface area contributed by atoms with Crippen LogP contribution < -0.4 is 10.0 Å². The van der Waals surface area contributed by atoms with Crippen molar-refractivity contribution in [3.05, 3.63) is 65.5 Å². The highest BCUT2D eigenvalue weighted by molar-refractivity contribution is 7.89. The molecule has 0 heterocycles. The maximum absolute atomic E-state index is 13.1. The highest BCUT2D eigenvalue weighted by atomic mass is 32.2. The number of benzene rings is 2. The first-order valence-corrected chi connectivity index (χ1v) is 11.2. The van der Waals surface area contributed by atoms with Gasteiger partial charge in [-0.3, -0.25) is 0 Å². The van der Waals surface area contributed by atoms with E-state index in [1.807, 2.05) is 24.9 Å².